The normalized spacial score (nSPS) is 10.8. The fourth-order valence-electron chi connectivity index (χ4n) is 3.06. The summed E-state index contributed by atoms with van der Waals surface area (Å²) in [6.45, 7) is 0.858. The first-order chi connectivity index (χ1) is 14.1. The topological polar surface area (TPSA) is 77.6 Å². The Bertz CT molecular complexity index is 1120. The van der Waals surface area contributed by atoms with E-state index in [1.807, 2.05) is 22.9 Å². The Morgan fingerprint density at radius 3 is 2.62 bits per heavy atom. The van der Waals surface area contributed by atoms with Gasteiger partial charge in [-0.25, -0.2) is 4.39 Å². The zero-order chi connectivity index (χ0) is 20.2. The predicted octanol–water partition coefficient (Wildman–Crippen LogP) is 2.91. The second-order valence-electron chi connectivity index (χ2n) is 6.48. The number of aromatic nitrogens is 5. The van der Waals surface area contributed by atoms with Crippen LogP contribution in [0, 0.1) is 5.82 Å². The molecule has 0 aliphatic carbocycles. The van der Waals surface area contributed by atoms with Crippen LogP contribution in [0.15, 0.2) is 67.1 Å². The first kappa shape index (κ1) is 18.5. The molecule has 0 bridgehead atoms. The Morgan fingerprint density at radius 2 is 1.93 bits per heavy atom. The molecule has 0 saturated carbocycles. The van der Waals surface area contributed by atoms with Crippen molar-refractivity contribution in [3.63, 3.8) is 0 Å². The number of nitrogens with one attached hydrogen (secondary N) is 1. The number of benzene rings is 1. The number of hydrogen-bond acceptors (Lipinski definition) is 4. The van der Waals surface area contributed by atoms with Crippen LogP contribution in [0.1, 0.15) is 10.5 Å². The number of carbonyl (C=O) groups excluding carboxylic acids is 1. The minimum atomic E-state index is -0.293. The quantitative estimate of drug-likeness (QED) is 0.549. The molecule has 3 aromatic heterocycles. The van der Waals surface area contributed by atoms with E-state index in [1.165, 1.54) is 16.8 Å². The van der Waals surface area contributed by atoms with Crippen LogP contribution in [0.4, 0.5) is 4.39 Å². The average Bonchev–Trinajstić information content (AvgIpc) is 3.36. The van der Waals surface area contributed by atoms with Crippen molar-refractivity contribution in [1.82, 2.24) is 29.9 Å². The van der Waals surface area contributed by atoms with Crippen molar-refractivity contribution in [2.75, 3.05) is 6.54 Å². The summed E-state index contributed by atoms with van der Waals surface area (Å²) in [4.78, 5) is 16.5. The third-order valence-corrected chi connectivity index (χ3v) is 4.54. The summed E-state index contributed by atoms with van der Waals surface area (Å²) in [5.74, 6) is -0.489. The number of halogens is 1. The van der Waals surface area contributed by atoms with Gasteiger partial charge in [0.2, 0.25) is 0 Å². The lowest BCUT2D eigenvalue weighted by Gasteiger charge is -2.09. The molecule has 0 aliphatic heterocycles. The fraction of sp³-hybridized carbons (Fsp3) is 0.143. The first-order valence-corrected chi connectivity index (χ1v) is 9.12. The Kier molecular flexibility index (Phi) is 5.15. The maximum atomic E-state index is 13.3. The Hall–Kier alpha value is -3.81. The van der Waals surface area contributed by atoms with Gasteiger partial charge in [-0.15, -0.1) is 0 Å². The molecular formula is C21H19FN6O. The van der Waals surface area contributed by atoms with Crippen molar-refractivity contribution in [1.29, 1.82) is 0 Å². The zero-order valence-corrected chi connectivity index (χ0v) is 15.8. The lowest BCUT2D eigenvalue weighted by molar-refractivity contribution is 0.0942. The van der Waals surface area contributed by atoms with Gasteiger partial charge in [0.25, 0.3) is 5.91 Å². The van der Waals surface area contributed by atoms with Crippen molar-refractivity contribution < 1.29 is 9.18 Å². The molecule has 29 heavy (non-hydrogen) atoms. The maximum Gasteiger partial charge on any atom is 0.269 e. The highest BCUT2D eigenvalue weighted by Crippen LogP contribution is 2.26. The molecule has 0 atom stereocenters. The molecule has 1 amide bonds. The van der Waals surface area contributed by atoms with Crippen molar-refractivity contribution in [2.45, 2.75) is 6.54 Å². The molecule has 1 N–H and O–H groups in total. The van der Waals surface area contributed by atoms with Gasteiger partial charge in [0.15, 0.2) is 0 Å². The molecule has 3 heterocycles. The molecule has 146 valence electrons. The van der Waals surface area contributed by atoms with Crippen molar-refractivity contribution in [3.8, 4) is 22.5 Å². The molecule has 4 aromatic rings. The highest BCUT2D eigenvalue weighted by atomic mass is 19.1. The summed E-state index contributed by atoms with van der Waals surface area (Å²) in [6, 6.07) is 13.6. The van der Waals surface area contributed by atoms with Crippen molar-refractivity contribution in [2.24, 2.45) is 7.05 Å². The number of carbonyl (C=O) groups is 1. The number of rotatable bonds is 6. The molecule has 0 unspecified atom stereocenters. The standard InChI is InChI=1S/C21H19FN6O/c1-27-19(8-10-25-27)21(29)24-11-12-28-20(16-3-2-9-23-14-16)13-18(26-28)15-4-6-17(22)7-5-15/h2-10,13-14H,11-12H2,1H3,(H,24,29). The van der Waals surface area contributed by atoms with Crippen molar-refractivity contribution in [3.05, 3.63) is 78.6 Å². The van der Waals surface area contributed by atoms with Crippen molar-refractivity contribution >= 4 is 5.91 Å². The molecule has 0 radical (unpaired) electrons. The van der Waals surface area contributed by atoms with Gasteiger partial charge in [0.1, 0.15) is 11.5 Å². The maximum absolute atomic E-state index is 13.3. The van der Waals surface area contributed by atoms with E-state index in [1.54, 1.807) is 43.8 Å². The third-order valence-electron chi connectivity index (χ3n) is 4.54. The predicted molar refractivity (Wildman–Crippen MR) is 106 cm³/mol. The number of aryl methyl sites for hydroxylation is 1. The van der Waals surface area contributed by atoms with Gasteiger partial charge >= 0.3 is 0 Å². The largest absolute Gasteiger partial charge is 0.349 e. The van der Waals surface area contributed by atoms with Crippen LogP contribution in [0.5, 0.6) is 0 Å². The van der Waals surface area contributed by atoms with Gasteiger partial charge in [-0.3, -0.25) is 19.1 Å². The monoisotopic (exact) mass is 390 g/mol. The van der Waals surface area contributed by atoms with Gasteiger partial charge in [-0.2, -0.15) is 10.2 Å². The molecule has 0 spiro atoms. The van der Waals surface area contributed by atoms with Crippen LogP contribution in [-0.4, -0.2) is 37.0 Å². The van der Waals surface area contributed by atoms with Gasteiger partial charge in [-0.05, 0) is 48.5 Å². The third kappa shape index (κ3) is 4.06. The Balaban J connectivity index is 1.57. The van der Waals surface area contributed by atoms with E-state index in [-0.39, 0.29) is 11.7 Å². The summed E-state index contributed by atoms with van der Waals surface area (Å²) >= 11 is 0. The summed E-state index contributed by atoms with van der Waals surface area (Å²) in [5.41, 5.74) is 3.81. The molecule has 0 saturated heterocycles. The lowest BCUT2D eigenvalue weighted by atomic mass is 10.1. The molecule has 0 aliphatic rings. The summed E-state index contributed by atoms with van der Waals surface area (Å²) in [6.07, 6.45) is 5.05. The van der Waals surface area contributed by atoms with Gasteiger partial charge < -0.3 is 5.32 Å². The molecule has 1 aromatic carbocycles. The Morgan fingerprint density at radius 1 is 1.10 bits per heavy atom. The van der Waals surface area contributed by atoms with Gasteiger partial charge in [-0.1, -0.05) is 0 Å². The van der Waals surface area contributed by atoms with Crippen LogP contribution < -0.4 is 5.32 Å². The van der Waals surface area contributed by atoms with E-state index in [0.29, 0.717) is 18.8 Å². The van der Waals surface area contributed by atoms with E-state index < -0.39 is 0 Å². The minimum Gasteiger partial charge on any atom is -0.349 e. The van der Waals surface area contributed by atoms with E-state index >= 15 is 0 Å². The van der Waals surface area contributed by atoms with E-state index in [0.717, 1.165) is 22.5 Å². The fourth-order valence-corrected chi connectivity index (χ4v) is 3.06. The zero-order valence-electron chi connectivity index (χ0n) is 15.8. The highest BCUT2D eigenvalue weighted by molar-refractivity contribution is 5.92. The molecular weight excluding hydrogens is 371 g/mol. The van der Waals surface area contributed by atoms with Gasteiger partial charge in [0, 0.05) is 43.3 Å². The molecule has 0 fully saturated rings. The van der Waals surface area contributed by atoms with E-state index in [2.05, 4.69) is 20.5 Å². The van der Waals surface area contributed by atoms with Crippen LogP contribution in [0.25, 0.3) is 22.5 Å². The number of hydrogen-bond donors (Lipinski definition) is 1. The SMILES string of the molecule is Cn1nccc1C(=O)NCCn1nc(-c2ccc(F)cc2)cc1-c1cccnc1. The van der Waals surface area contributed by atoms with Crippen LogP contribution >= 0.6 is 0 Å². The number of pyridine rings is 1. The van der Waals surface area contributed by atoms with Crippen LogP contribution in [-0.2, 0) is 13.6 Å². The number of nitrogens with zero attached hydrogens (tertiary/aromatic N) is 5. The first-order valence-electron chi connectivity index (χ1n) is 9.12. The van der Waals surface area contributed by atoms with Crippen LogP contribution in [0.3, 0.4) is 0 Å². The number of amides is 1. The average molecular weight is 390 g/mol. The molecule has 8 heteroatoms. The van der Waals surface area contributed by atoms with Gasteiger partial charge in [0.05, 0.1) is 17.9 Å². The molecule has 7 nitrogen and oxygen atoms in total. The second-order valence-corrected chi connectivity index (χ2v) is 6.48. The second kappa shape index (κ2) is 8.05. The molecule has 4 rings (SSSR count). The highest BCUT2D eigenvalue weighted by Gasteiger charge is 2.13. The lowest BCUT2D eigenvalue weighted by Crippen LogP contribution is -2.29. The summed E-state index contributed by atoms with van der Waals surface area (Å²) in [7, 11) is 1.72. The summed E-state index contributed by atoms with van der Waals surface area (Å²) in [5, 5.41) is 11.6. The van der Waals surface area contributed by atoms with Crippen LogP contribution in [0.2, 0.25) is 0 Å². The Labute approximate surface area is 166 Å². The minimum absolute atomic E-state index is 0.196. The van der Waals surface area contributed by atoms with E-state index in [4.69, 9.17) is 0 Å². The van der Waals surface area contributed by atoms with E-state index in [9.17, 15) is 9.18 Å². The summed E-state index contributed by atoms with van der Waals surface area (Å²) < 4.78 is 16.6. The smallest absolute Gasteiger partial charge is 0.269 e.